The van der Waals surface area contributed by atoms with E-state index in [1.807, 2.05) is 0 Å². The second-order valence-corrected chi connectivity index (χ2v) is 15.8. The number of hydrogen-bond acceptors (Lipinski definition) is 1. The van der Waals surface area contributed by atoms with Crippen LogP contribution in [-0.4, -0.2) is 4.57 Å². The molecule has 0 aliphatic heterocycles. The Morgan fingerprint density at radius 3 is 1.24 bits per heavy atom. The van der Waals surface area contributed by atoms with Crippen molar-refractivity contribution < 1.29 is 0 Å². The Bertz CT molecular complexity index is 3240. The third kappa shape index (κ3) is 6.94. The summed E-state index contributed by atoms with van der Waals surface area (Å²) >= 11 is 0. The molecule has 2 heteroatoms. The Morgan fingerprint density at radius 1 is 0.258 bits per heavy atom. The van der Waals surface area contributed by atoms with Gasteiger partial charge in [0.25, 0.3) is 0 Å². The van der Waals surface area contributed by atoms with Crippen LogP contribution in [0.15, 0.2) is 255 Å². The highest BCUT2D eigenvalue weighted by Gasteiger charge is 2.19. The van der Waals surface area contributed by atoms with Crippen molar-refractivity contribution in [3.05, 3.63) is 255 Å². The number of rotatable bonds is 9. The summed E-state index contributed by atoms with van der Waals surface area (Å²) < 4.78 is 2.39. The molecular formula is C60H42N2. The molecule has 1 heterocycles. The van der Waals surface area contributed by atoms with Crippen molar-refractivity contribution in [1.82, 2.24) is 4.57 Å². The van der Waals surface area contributed by atoms with E-state index in [9.17, 15) is 0 Å². The molecule has 0 aliphatic rings. The molecule has 2 nitrogen and oxygen atoms in total. The Balaban J connectivity index is 1.04. The topological polar surface area (TPSA) is 8.17 Å². The predicted molar refractivity (Wildman–Crippen MR) is 263 cm³/mol. The molecule has 0 unspecified atom stereocenters. The van der Waals surface area contributed by atoms with E-state index in [1.54, 1.807) is 0 Å². The molecule has 11 aromatic rings. The maximum absolute atomic E-state index is 2.39. The minimum absolute atomic E-state index is 1.08. The van der Waals surface area contributed by atoms with Crippen molar-refractivity contribution in [2.75, 3.05) is 4.90 Å². The van der Waals surface area contributed by atoms with Crippen LogP contribution in [0.2, 0.25) is 0 Å². The van der Waals surface area contributed by atoms with Crippen LogP contribution >= 0.6 is 0 Å². The largest absolute Gasteiger partial charge is 0.310 e. The zero-order valence-corrected chi connectivity index (χ0v) is 34.1. The Hall–Kier alpha value is -8.20. The van der Waals surface area contributed by atoms with Crippen molar-refractivity contribution in [3.63, 3.8) is 0 Å². The summed E-state index contributed by atoms with van der Waals surface area (Å²) in [5, 5.41) is 2.49. The van der Waals surface area contributed by atoms with Crippen molar-refractivity contribution >= 4 is 38.9 Å². The monoisotopic (exact) mass is 790 g/mol. The summed E-state index contributed by atoms with van der Waals surface area (Å²) in [6.07, 6.45) is 0. The maximum Gasteiger partial charge on any atom is 0.0547 e. The van der Waals surface area contributed by atoms with Crippen LogP contribution in [0.25, 0.3) is 83.1 Å². The van der Waals surface area contributed by atoms with Gasteiger partial charge in [0.05, 0.1) is 11.0 Å². The van der Waals surface area contributed by atoms with Crippen molar-refractivity contribution in [1.29, 1.82) is 0 Å². The molecule has 0 aliphatic carbocycles. The van der Waals surface area contributed by atoms with Gasteiger partial charge in [-0.25, -0.2) is 0 Å². The van der Waals surface area contributed by atoms with Gasteiger partial charge >= 0.3 is 0 Å². The second-order valence-electron chi connectivity index (χ2n) is 15.8. The van der Waals surface area contributed by atoms with E-state index in [0.717, 1.165) is 28.3 Å². The minimum atomic E-state index is 1.08. The first-order valence-corrected chi connectivity index (χ1v) is 21.3. The van der Waals surface area contributed by atoms with Gasteiger partial charge in [0.15, 0.2) is 0 Å². The van der Waals surface area contributed by atoms with Crippen LogP contribution in [0.3, 0.4) is 0 Å². The van der Waals surface area contributed by atoms with E-state index >= 15 is 0 Å². The highest BCUT2D eigenvalue weighted by molar-refractivity contribution is 6.16. The van der Waals surface area contributed by atoms with Gasteiger partial charge in [-0.2, -0.15) is 0 Å². The van der Waals surface area contributed by atoms with Gasteiger partial charge in [-0.3, -0.25) is 0 Å². The summed E-state index contributed by atoms with van der Waals surface area (Å²) in [4.78, 5) is 2.38. The van der Waals surface area contributed by atoms with E-state index in [0.29, 0.717) is 0 Å². The summed E-state index contributed by atoms with van der Waals surface area (Å²) in [5.74, 6) is 0. The van der Waals surface area contributed by atoms with Gasteiger partial charge in [0.1, 0.15) is 0 Å². The molecule has 1 aromatic heterocycles. The molecule has 292 valence electrons. The number of anilines is 3. The molecule has 0 radical (unpaired) electrons. The highest BCUT2D eigenvalue weighted by atomic mass is 15.1. The zero-order chi connectivity index (χ0) is 41.2. The lowest BCUT2D eigenvalue weighted by molar-refractivity contribution is 1.18. The first kappa shape index (κ1) is 36.8. The van der Waals surface area contributed by atoms with Gasteiger partial charge < -0.3 is 9.47 Å². The minimum Gasteiger partial charge on any atom is -0.310 e. The van der Waals surface area contributed by atoms with Crippen LogP contribution in [0, 0.1) is 0 Å². The Kier molecular flexibility index (Phi) is 9.57. The molecular weight excluding hydrogens is 749 g/mol. The molecule has 0 saturated heterocycles. The first-order chi connectivity index (χ1) is 30.7. The van der Waals surface area contributed by atoms with Gasteiger partial charge in [-0.1, -0.05) is 176 Å². The summed E-state index contributed by atoms with van der Waals surface area (Å²) in [6.45, 7) is 0. The second kappa shape index (κ2) is 16.1. The number of aromatic nitrogens is 1. The molecule has 0 fully saturated rings. The number of fused-ring (bicyclic) bond motifs is 3. The smallest absolute Gasteiger partial charge is 0.0547 e. The fraction of sp³-hybridized carbons (Fsp3) is 0. The van der Waals surface area contributed by atoms with Crippen LogP contribution in [0.1, 0.15) is 0 Å². The molecule has 0 bridgehead atoms. The van der Waals surface area contributed by atoms with E-state index in [1.165, 1.54) is 71.9 Å². The van der Waals surface area contributed by atoms with Gasteiger partial charge in [0.2, 0.25) is 0 Å². The standard InChI is InChI=1S/C60H42N2/c1-5-17-43(18-6-1)46-31-35-53(36-32-46)61(54-37-33-47(34-38-54)51-40-49(44-19-7-2-8-20-44)39-50(41-51)45-21-9-3-10-22-45)55-26-15-23-48(42-55)56-28-16-30-59-60(56)57-27-13-14-29-58(57)62(59)52-24-11-4-12-25-52/h1-42H. The molecule has 62 heavy (non-hydrogen) atoms. The lowest BCUT2D eigenvalue weighted by Crippen LogP contribution is -2.10. The summed E-state index contributed by atoms with van der Waals surface area (Å²) in [6, 6.07) is 92.0. The SMILES string of the molecule is c1ccc(-c2ccc(N(c3ccc(-c4cc(-c5ccccc5)cc(-c5ccccc5)c4)cc3)c3cccc(-c4cccc5c4c4ccccc4n5-c4ccccc4)c3)cc2)cc1. The maximum atomic E-state index is 2.39. The average molecular weight is 791 g/mol. The van der Waals surface area contributed by atoms with Crippen molar-refractivity contribution in [3.8, 4) is 61.3 Å². The zero-order valence-electron chi connectivity index (χ0n) is 34.1. The lowest BCUT2D eigenvalue weighted by Gasteiger charge is -2.26. The lowest BCUT2D eigenvalue weighted by atomic mass is 9.93. The Morgan fingerprint density at radius 2 is 0.677 bits per heavy atom. The average Bonchev–Trinajstić information content (AvgIpc) is 3.70. The van der Waals surface area contributed by atoms with Crippen molar-refractivity contribution in [2.24, 2.45) is 0 Å². The van der Waals surface area contributed by atoms with Crippen LogP contribution < -0.4 is 4.90 Å². The third-order valence-electron chi connectivity index (χ3n) is 12.0. The van der Waals surface area contributed by atoms with Gasteiger partial charge in [0, 0.05) is 33.5 Å². The van der Waals surface area contributed by atoms with Gasteiger partial charge in [-0.05, 0) is 134 Å². The fourth-order valence-corrected chi connectivity index (χ4v) is 9.00. The first-order valence-electron chi connectivity index (χ1n) is 21.3. The van der Waals surface area contributed by atoms with E-state index in [4.69, 9.17) is 0 Å². The molecule has 0 atom stereocenters. The number of nitrogens with zero attached hydrogens (tertiary/aromatic N) is 2. The third-order valence-corrected chi connectivity index (χ3v) is 12.0. The van der Waals surface area contributed by atoms with Crippen LogP contribution in [-0.2, 0) is 0 Å². The molecule has 11 rings (SSSR count). The Labute approximate surface area is 362 Å². The molecule has 10 aromatic carbocycles. The molecule has 0 saturated carbocycles. The van der Waals surface area contributed by atoms with Crippen LogP contribution in [0.4, 0.5) is 17.1 Å². The summed E-state index contributed by atoms with van der Waals surface area (Å²) in [7, 11) is 0. The fourth-order valence-electron chi connectivity index (χ4n) is 9.00. The predicted octanol–water partition coefficient (Wildman–Crippen LogP) is 16.6. The molecule has 0 N–H and O–H groups in total. The number of hydrogen-bond donors (Lipinski definition) is 0. The van der Waals surface area contributed by atoms with Crippen LogP contribution in [0.5, 0.6) is 0 Å². The normalized spacial score (nSPS) is 11.2. The highest BCUT2D eigenvalue weighted by Crippen LogP contribution is 2.42. The quantitative estimate of drug-likeness (QED) is 0.141. The van der Waals surface area contributed by atoms with Crippen molar-refractivity contribution in [2.45, 2.75) is 0 Å². The summed E-state index contributed by atoms with van der Waals surface area (Å²) in [5.41, 5.74) is 18.7. The van der Waals surface area contributed by atoms with Gasteiger partial charge in [-0.15, -0.1) is 0 Å². The molecule has 0 amide bonds. The number of benzene rings is 10. The van der Waals surface area contributed by atoms with E-state index in [-0.39, 0.29) is 0 Å². The molecule has 0 spiro atoms. The van der Waals surface area contributed by atoms with E-state index < -0.39 is 0 Å². The number of para-hydroxylation sites is 2. The van der Waals surface area contributed by atoms with E-state index in [2.05, 4.69) is 264 Å².